The maximum absolute atomic E-state index is 12.8. The van der Waals surface area contributed by atoms with E-state index in [-0.39, 0.29) is 17.6 Å². The highest BCUT2D eigenvalue weighted by molar-refractivity contribution is 5.94. The molecule has 3 rings (SSSR count). The van der Waals surface area contributed by atoms with Crippen LogP contribution in [-0.2, 0) is 11.3 Å². The van der Waals surface area contributed by atoms with Gasteiger partial charge in [0.25, 0.3) is 0 Å². The molecule has 6 nitrogen and oxygen atoms in total. The predicted octanol–water partition coefficient (Wildman–Crippen LogP) is 2.12. The van der Waals surface area contributed by atoms with Crippen LogP contribution in [0.4, 0.5) is 0 Å². The first kappa shape index (κ1) is 19.3. The van der Waals surface area contributed by atoms with Crippen LogP contribution in [0.5, 0.6) is 0 Å². The molecule has 1 fully saturated rings. The van der Waals surface area contributed by atoms with Crippen molar-refractivity contribution in [2.45, 2.75) is 20.4 Å². The van der Waals surface area contributed by atoms with Crippen LogP contribution in [0.2, 0.25) is 0 Å². The number of nitrogens with zero attached hydrogens (tertiary/aromatic N) is 2. The van der Waals surface area contributed by atoms with Gasteiger partial charge >= 0.3 is 5.97 Å². The first-order chi connectivity index (χ1) is 13.1. The molecule has 0 bridgehead atoms. The van der Waals surface area contributed by atoms with Gasteiger partial charge in [-0.2, -0.15) is 0 Å². The minimum absolute atomic E-state index is 0.0909. The summed E-state index contributed by atoms with van der Waals surface area (Å²) in [6.07, 6.45) is 5.76. The number of carbonyl (C=O) groups excluding carboxylic acids is 1. The second-order valence-electron chi connectivity index (χ2n) is 6.61. The maximum atomic E-state index is 12.8. The Kier molecular flexibility index (Phi) is 6.42. The minimum Gasteiger partial charge on any atom is -0.462 e. The highest BCUT2D eigenvalue weighted by atomic mass is 16.5. The summed E-state index contributed by atoms with van der Waals surface area (Å²) in [6.45, 7) is 9.67. The quantitative estimate of drug-likeness (QED) is 0.790. The van der Waals surface area contributed by atoms with E-state index in [9.17, 15) is 9.59 Å². The summed E-state index contributed by atoms with van der Waals surface area (Å²) in [5.41, 5.74) is 1.60. The molecule has 1 aromatic carbocycles. The van der Waals surface area contributed by atoms with Gasteiger partial charge in [-0.1, -0.05) is 18.2 Å². The smallest absolute Gasteiger partial charge is 0.343 e. The Balaban J connectivity index is 1.91. The zero-order chi connectivity index (χ0) is 19.2. The molecule has 0 saturated carbocycles. The van der Waals surface area contributed by atoms with E-state index in [1.54, 1.807) is 13.1 Å². The molecule has 2 heterocycles. The highest BCUT2D eigenvalue weighted by Gasteiger charge is 2.16. The molecule has 27 heavy (non-hydrogen) atoms. The van der Waals surface area contributed by atoms with Crippen molar-refractivity contribution >= 4 is 22.9 Å². The van der Waals surface area contributed by atoms with Crippen molar-refractivity contribution < 1.29 is 9.53 Å². The SMILES string of the molecule is CCOC(=O)c1cn(CC)c2ccc(/C=C/CN3CCNCC3)cc2c1=O. The van der Waals surface area contributed by atoms with Crippen molar-refractivity contribution in [2.75, 3.05) is 39.3 Å². The van der Waals surface area contributed by atoms with Crippen LogP contribution in [0.25, 0.3) is 17.0 Å². The van der Waals surface area contributed by atoms with Crippen molar-refractivity contribution in [1.29, 1.82) is 0 Å². The number of aromatic nitrogens is 1. The summed E-state index contributed by atoms with van der Waals surface area (Å²) in [5, 5.41) is 3.89. The highest BCUT2D eigenvalue weighted by Crippen LogP contribution is 2.16. The Labute approximate surface area is 159 Å². The largest absolute Gasteiger partial charge is 0.462 e. The molecule has 1 aliphatic heterocycles. The van der Waals surface area contributed by atoms with Gasteiger partial charge in [0.05, 0.1) is 12.1 Å². The van der Waals surface area contributed by atoms with Crippen molar-refractivity contribution in [1.82, 2.24) is 14.8 Å². The normalized spacial score (nSPS) is 15.5. The number of hydrogen-bond acceptors (Lipinski definition) is 5. The number of hydrogen-bond donors (Lipinski definition) is 1. The fourth-order valence-corrected chi connectivity index (χ4v) is 3.37. The Hall–Kier alpha value is -2.44. The van der Waals surface area contributed by atoms with E-state index in [0.29, 0.717) is 11.9 Å². The van der Waals surface area contributed by atoms with E-state index >= 15 is 0 Å². The van der Waals surface area contributed by atoms with Gasteiger partial charge in [0.2, 0.25) is 5.43 Å². The number of piperazine rings is 1. The summed E-state index contributed by atoms with van der Waals surface area (Å²) in [7, 11) is 0. The van der Waals surface area contributed by atoms with E-state index < -0.39 is 5.97 Å². The average Bonchev–Trinajstić information content (AvgIpc) is 2.69. The third kappa shape index (κ3) is 4.46. The molecule has 6 heteroatoms. The van der Waals surface area contributed by atoms with E-state index in [4.69, 9.17) is 4.74 Å². The van der Waals surface area contributed by atoms with Gasteiger partial charge < -0.3 is 14.6 Å². The number of ether oxygens (including phenoxy) is 1. The number of benzene rings is 1. The molecular weight excluding hydrogens is 342 g/mol. The number of nitrogens with one attached hydrogen (secondary N) is 1. The van der Waals surface area contributed by atoms with Gasteiger partial charge in [-0.3, -0.25) is 9.69 Å². The summed E-state index contributed by atoms with van der Waals surface area (Å²) in [6, 6.07) is 5.81. The van der Waals surface area contributed by atoms with Gasteiger partial charge in [0.1, 0.15) is 5.56 Å². The first-order valence-corrected chi connectivity index (χ1v) is 9.58. The van der Waals surface area contributed by atoms with Crippen molar-refractivity contribution in [3.05, 3.63) is 51.8 Å². The maximum Gasteiger partial charge on any atom is 0.343 e. The molecule has 0 spiro atoms. The van der Waals surface area contributed by atoms with E-state index in [2.05, 4.69) is 16.3 Å². The zero-order valence-electron chi connectivity index (χ0n) is 16.0. The molecule has 0 radical (unpaired) electrons. The molecular formula is C21H27N3O3. The number of fused-ring (bicyclic) bond motifs is 1. The fraction of sp³-hybridized carbons (Fsp3) is 0.429. The zero-order valence-corrected chi connectivity index (χ0v) is 16.0. The molecule has 0 atom stereocenters. The molecule has 0 aliphatic carbocycles. The molecule has 1 saturated heterocycles. The Bertz CT molecular complexity index is 895. The second-order valence-corrected chi connectivity index (χ2v) is 6.61. The van der Waals surface area contributed by atoms with Crippen LogP contribution in [-0.4, -0.2) is 54.8 Å². The summed E-state index contributed by atoms with van der Waals surface area (Å²) < 4.78 is 6.96. The van der Waals surface area contributed by atoms with Gasteiger partial charge in [-0.05, 0) is 31.5 Å². The molecule has 1 N–H and O–H groups in total. The van der Waals surface area contributed by atoms with Crippen LogP contribution < -0.4 is 10.7 Å². The Morgan fingerprint density at radius 3 is 2.74 bits per heavy atom. The molecule has 144 valence electrons. The average molecular weight is 369 g/mol. The van der Waals surface area contributed by atoms with Crippen LogP contribution in [0.1, 0.15) is 29.8 Å². The molecule has 0 amide bonds. The number of rotatable bonds is 6. The Morgan fingerprint density at radius 2 is 2.04 bits per heavy atom. The van der Waals surface area contributed by atoms with Gasteiger partial charge in [-0.25, -0.2) is 4.79 Å². The monoisotopic (exact) mass is 369 g/mol. The van der Waals surface area contributed by atoms with Crippen molar-refractivity contribution in [3.63, 3.8) is 0 Å². The minimum atomic E-state index is -0.564. The first-order valence-electron chi connectivity index (χ1n) is 9.58. The van der Waals surface area contributed by atoms with Crippen LogP contribution >= 0.6 is 0 Å². The molecule has 2 aromatic rings. The summed E-state index contributed by atoms with van der Waals surface area (Å²) in [5.74, 6) is -0.564. The standard InChI is InChI=1S/C21H27N3O3/c1-3-24-15-18(21(26)27-4-2)20(25)17-14-16(7-8-19(17)24)6-5-11-23-12-9-22-10-13-23/h5-8,14-15,22H,3-4,9-13H2,1-2H3/b6-5+. The third-order valence-electron chi connectivity index (χ3n) is 4.82. The lowest BCUT2D eigenvalue weighted by Crippen LogP contribution is -2.43. The van der Waals surface area contributed by atoms with Gasteiger partial charge in [-0.15, -0.1) is 0 Å². The Morgan fingerprint density at radius 1 is 1.26 bits per heavy atom. The fourth-order valence-electron chi connectivity index (χ4n) is 3.37. The van der Waals surface area contributed by atoms with Crippen molar-refractivity contribution in [2.24, 2.45) is 0 Å². The number of esters is 1. The topological polar surface area (TPSA) is 63.6 Å². The van der Waals surface area contributed by atoms with Gasteiger partial charge in [0, 0.05) is 50.9 Å². The molecule has 1 aliphatic rings. The second kappa shape index (κ2) is 8.97. The predicted molar refractivity (Wildman–Crippen MR) is 108 cm³/mol. The van der Waals surface area contributed by atoms with E-state index in [1.165, 1.54) is 0 Å². The van der Waals surface area contributed by atoms with E-state index in [0.717, 1.165) is 43.8 Å². The van der Waals surface area contributed by atoms with E-state index in [1.807, 2.05) is 35.8 Å². The number of aryl methyl sites for hydroxylation is 1. The number of pyridine rings is 1. The lowest BCUT2D eigenvalue weighted by atomic mass is 10.1. The molecule has 0 unspecified atom stereocenters. The summed E-state index contributed by atoms with van der Waals surface area (Å²) >= 11 is 0. The number of carbonyl (C=O) groups is 1. The van der Waals surface area contributed by atoms with Gasteiger partial charge in [0.15, 0.2) is 0 Å². The third-order valence-corrected chi connectivity index (χ3v) is 4.82. The van der Waals surface area contributed by atoms with Crippen molar-refractivity contribution in [3.8, 4) is 0 Å². The lowest BCUT2D eigenvalue weighted by molar-refractivity contribution is 0.0524. The lowest BCUT2D eigenvalue weighted by Gasteiger charge is -2.25. The van der Waals surface area contributed by atoms with Crippen LogP contribution in [0.3, 0.4) is 0 Å². The summed E-state index contributed by atoms with van der Waals surface area (Å²) in [4.78, 5) is 27.4. The van der Waals surface area contributed by atoms with Crippen LogP contribution in [0, 0.1) is 0 Å². The van der Waals surface area contributed by atoms with Crippen LogP contribution in [0.15, 0.2) is 35.3 Å². The molecule has 1 aromatic heterocycles.